The molecule has 0 aromatic heterocycles. The quantitative estimate of drug-likeness (QED) is 0.620. The normalized spacial score (nSPS) is 11.9. The van der Waals surface area contributed by atoms with E-state index in [-0.39, 0.29) is 12.5 Å². The Kier molecular flexibility index (Phi) is 8.45. The molecule has 0 aliphatic heterocycles. The second-order valence-electron chi connectivity index (χ2n) is 7.74. The first-order chi connectivity index (χ1) is 13.0. The molecule has 3 amide bonds. The fourth-order valence-electron chi connectivity index (χ4n) is 2.32. The molecule has 0 aliphatic carbocycles. The van der Waals surface area contributed by atoms with Crippen LogP contribution in [0.2, 0.25) is 0 Å². The van der Waals surface area contributed by atoms with Gasteiger partial charge < -0.3 is 15.4 Å². The van der Waals surface area contributed by atoms with Gasteiger partial charge in [-0.05, 0) is 57.4 Å². The molecule has 1 aromatic rings. The lowest BCUT2D eigenvalue weighted by molar-refractivity contribution is -0.123. The number of anilines is 1. The average Bonchev–Trinajstić information content (AvgIpc) is 2.57. The van der Waals surface area contributed by atoms with Crippen molar-refractivity contribution >= 4 is 23.6 Å². The van der Waals surface area contributed by atoms with Gasteiger partial charge in [0.15, 0.2) is 0 Å². The van der Waals surface area contributed by atoms with Crippen LogP contribution < -0.4 is 16.0 Å². The van der Waals surface area contributed by atoms with Gasteiger partial charge in [0.2, 0.25) is 5.91 Å². The monoisotopic (exact) mass is 388 g/mol. The molecule has 152 valence electrons. The topological polar surface area (TPSA) is 120 Å². The van der Waals surface area contributed by atoms with Crippen LogP contribution in [0.4, 0.5) is 10.5 Å². The number of benzene rings is 1. The van der Waals surface area contributed by atoms with Gasteiger partial charge in [0, 0.05) is 11.3 Å². The maximum absolute atomic E-state index is 12.5. The molecule has 0 radical (unpaired) electrons. The van der Waals surface area contributed by atoms with Crippen LogP contribution in [0.15, 0.2) is 24.3 Å². The number of amides is 3. The van der Waals surface area contributed by atoms with Gasteiger partial charge in [-0.1, -0.05) is 13.8 Å². The molecule has 0 aliphatic rings. The summed E-state index contributed by atoms with van der Waals surface area (Å²) in [5.41, 5.74) is 0.217. The Bertz CT molecular complexity index is 730. The largest absolute Gasteiger partial charge is 0.444 e. The maximum atomic E-state index is 12.5. The molecular weight excluding hydrogens is 360 g/mol. The minimum Gasteiger partial charge on any atom is -0.444 e. The molecule has 3 N–H and O–H groups in total. The molecule has 0 heterocycles. The van der Waals surface area contributed by atoms with Crippen LogP contribution in [-0.4, -0.2) is 36.1 Å². The molecule has 0 unspecified atom stereocenters. The third kappa shape index (κ3) is 8.54. The van der Waals surface area contributed by atoms with Gasteiger partial charge in [0.1, 0.15) is 18.2 Å². The summed E-state index contributed by atoms with van der Waals surface area (Å²) in [5, 5.41) is 16.3. The zero-order chi connectivity index (χ0) is 21.3. The first kappa shape index (κ1) is 23.0. The Hall–Kier alpha value is -3.08. The van der Waals surface area contributed by atoms with Gasteiger partial charge in [-0.15, -0.1) is 0 Å². The van der Waals surface area contributed by atoms with E-state index in [1.165, 1.54) is 0 Å². The molecule has 0 saturated carbocycles. The minimum atomic E-state index is -0.736. The summed E-state index contributed by atoms with van der Waals surface area (Å²) in [7, 11) is 0. The predicted molar refractivity (Wildman–Crippen MR) is 106 cm³/mol. The minimum absolute atomic E-state index is 0.117. The highest BCUT2D eigenvalue weighted by atomic mass is 16.6. The highest BCUT2D eigenvalue weighted by Gasteiger charge is 2.22. The van der Waals surface area contributed by atoms with Crippen LogP contribution in [-0.2, 0) is 9.53 Å². The SMILES string of the molecule is CC(C)C[C@H](NC(=O)c1ccc(NC(=O)OC(C)(C)C)cc1)C(=O)NCC#N. The highest BCUT2D eigenvalue weighted by molar-refractivity contribution is 5.98. The van der Waals surface area contributed by atoms with E-state index in [9.17, 15) is 14.4 Å². The molecule has 8 nitrogen and oxygen atoms in total. The Labute approximate surface area is 165 Å². The van der Waals surface area contributed by atoms with E-state index in [2.05, 4.69) is 16.0 Å². The summed E-state index contributed by atoms with van der Waals surface area (Å²) in [6, 6.07) is 7.34. The number of carbonyl (C=O) groups is 3. The molecule has 1 atom stereocenters. The van der Waals surface area contributed by atoms with Crippen LogP contribution >= 0.6 is 0 Å². The Morgan fingerprint density at radius 1 is 1.14 bits per heavy atom. The third-order valence-electron chi connectivity index (χ3n) is 3.46. The van der Waals surface area contributed by atoms with Crippen LogP contribution in [0.3, 0.4) is 0 Å². The number of hydrogen-bond acceptors (Lipinski definition) is 5. The number of nitrogens with zero attached hydrogens (tertiary/aromatic N) is 1. The van der Waals surface area contributed by atoms with Crippen molar-refractivity contribution in [3.63, 3.8) is 0 Å². The van der Waals surface area contributed by atoms with Crippen molar-refractivity contribution in [1.82, 2.24) is 10.6 Å². The van der Waals surface area contributed by atoms with E-state index >= 15 is 0 Å². The Morgan fingerprint density at radius 3 is 2.25 bits per heavy atom. The summed E-state index contributed by atoms with van der Waals surface area (Å²) in [4.78, 5) is 36.4. The van der Waals surface area contributed by atoms with E-state index in [1.54, 1.807) is 45.0 Å². The lowest BCUT2D eigenvalue weighted by atomic mass is 10.0. The molecule has 0 fully saturated rings. The van der Waals surface area contributed by atoms with Crippen molar-refractivity contribution in [3.8, 4) is 6.07 Å². The summed E-state index contributed by atoms with van der Waals surface area (Å²) >= 11 is 0. The summed E-state index contributed by atoms with van der Waals surface area (Å²) < 4.78 is 5.17. The van der Waals surface area contributed by atoms with Gasteiger partial charge in [-0.25, -0.2) is 4.79 Å². The van der Waals surface area contributed by atoms with Gasteiger partial charge in [0.05, 0.1) is 6.07 Å². The Morgan fingerprint density at radius 2 is 1.75 bits per heavy atom. The molecule has 0 bridgehead atoms. The van der Waals surface area contributed by atoms with Crippen molar-refractivity contribution in [2.24, 2.45) is 5.92 Å². The first-order valence-electron chi connectivity index (χ1n) is 9.07. The summed E-state index contributed by atoms with van der Waals surface area (Å²) in [6.45, 7) is 9.05. The number of ether oxygens (including phenoxy) is 1. The van der Waals surface area contributed by atoms with Crippen molar-refractivity contribution < 1.29 is 19.1 Å². The molecule has 1 aromatic carbocycles. The van der Waals surface area contributed by atoms with E-state index < -0.39 is 29.6 Å². The standard InChI is InChI=1S/C20H28N4O4/c1-13(2)12-16(18(26)22-11-10-21)24-17(25)14-6-8-15(9-7-14)23-19(27)28-20(3,4)5/h6-9,13,16H,11-12H2,1-5H3,(H,22,26)(H,23,27)(H,24,25)/t16-/m0/s1. The molecular formula is C20H28N4O4. The number of nitrogens with one attached hydrogen (secondary N) is 3. The van der Waals surface area contributed by atoms with Gasteiger partial charge in [-0.2, -0.15) is 5.26 Å². The molecule has 8 heteroatoms. The Balaban J connectivity index is 2.75. The summed E-state index contributed by atoms with van der Waals surface area (Å²) in [5.74, 6) is -0.632. The smallest absolute Gasteiger partial charge is 0.412 e. The summed E-state index contributed by atoms with van der Waals surface area (Å²) in [6.07, 6.45) is -0.141. The van der Waals surface area contributed by atoms with E-state index in [0.29, 0.717) is 17.7 Å². The van der Waals surface area contributed by atoms with Crippen molar-refractivity contribution in [1.29, 1.82) is 5.26 Å². The van der Waals surface area contributed by atoms with Gasteiger partial charge in [-0.3, -0.25) is 14.9 Å². The van der Waals surface area contributed by atoms with Crippen molar-refractivity contribution in [2.45, 2.75) is 52.7 Å². The van der Waals surface area contributed by atoms with Crippen molar-refractivity contribution in [2.75, 3.05) is 11.9 Å². The third-order valence-corrected chi connectivity index (χ3v) is 3.46. The number of hydrogen-bond donors (Lipinski definition) is 3. The second kappa shape index (κ2) is 10.3. The highest BCUT2D eigenvalue weighted by Crippen LogP contribution is 2.14. The lowest BCUT2D eigenvalue weighted by Crippen LogP contribution is -2.47. The number of rotatable bonds is 7. The maximum Gasteiger partial charge on any atom is 0.412 e. The van der Waals surface area contributed by atoms with E-state index in [0.717, 1.165) is 0 Å². The first-order valence-corrected chi connectivity index (χ1v) is 9.07. The second-order valence-corrected chi connectivity index (χ2v) is 7.74. The van der Waals surface area contributed by atoms with Crippen molar-refractivity contribution in [3.05, 3.63) is 29.8 Å². The predicted octanol–water partition coefficient (Wildman–Crippen LogP) is 2.82. The number of carbonyl (C=O) groups excluding carboxylic acids is 3. The van der Waals surface area contributed by atoms with E-state index in [1.807, 2.05) is 19.9 Å². The zero-order valence-corrected chi connectivity index (χ0v) is 17.0. The van der Waals surface area contributed by atoms with E-state index in [4.69, 9.17) is 10.00 Å². The molecule has 1 rings (SSSR count). The number of nitriles is 1. The fraction of sp³-hybridized carbons (Fsp3) is 0.500. The van der Waals surface area contributed by atoms with Gasteiger partial charge >= 0.3 is 6.09 Å². The van der Waals surface area contributed by atoms with Gasteiger partial charge in [0.25, 0.3) is 5.91 Å². The zero-order valence-electron chi connectivity index (χ0n) is 17.0. The molecule has 0 spiro atoms. The van der Waals surface area contributed by atoms with Crippen LogP contribution in [0.25, 0.3) is 0 Å². The van der Waals surface area contributed by atoms with Crippen LogP contribution in [0, 0.1) is 17.2 Å². The average molecular weight is 388 g/mol. The lowest BCUT2D eigenvalue weighted by Gasteiger charge is -2.20. The van der Waals surface area contributed by atoms with Crippen LogP contribution in [0.1, 0.15) is 51.4 Å². The molecule has 28 heavy (non-hydrogen) atoms. The molecule has 0 saturated heterocycles. The fourth-order valence-corrected chi connectivity index (χ4v) is 2.32. The van der Waals surface area contributed by atoms with Crippen LogP contribution in [0.5, 0.6) is 0 Å².